The molecule has 1 aromatic carbocycles. The quantitative estimate of drug-likeness (QED) is 0.271. The van der Waals surface area contributed by atoms with Crippen LogP contribution in [0.3, 0.4) is 0 Å². The van der Waals surface area contributed by atoms with E-state index >= 15 is 8.78 Å². The van der Waals surface area contributed by atoms with Crippen LogP contribution < -0.4 is 10.6 Å². The van der Waals surface area contributed by atoms with Gasteiger partial charge in [0.15, 0.2) is 5.78 Å². The number of ketones is 1. The first-order valence-electron chi connectivity index (χ1n) is 13.6. The molecular weight excluding hydrogens is 531 g/mol. The maximum absolute atomic E-state index is 15.1. The molecule has 0 heterocycles. The van der Waals surface area contributed by atoms with Crippen molar-refractivity contribution in [2.75, 3.05) is 11.9 Å². The van der Waals surface area contributed by atoms with E-state index in [9.17, 15) is 27.9 Å². The summed E-state index contributed by atoms with van der Waals surface area (Å²) in [4.78, 5) is 24.2. The van der Waals surface area contributed by atoms with E-state index in [1.807, 2.05) is 0 Å². The van der Waals surface area contributed by atoms with Gasteiger partial charge in [0, 0.05) is 30.0 Å². The predicted octanol–water partition coefficient (Wildman–Crippen LogP) is 6.82. The summed E-state index contributed by atoms with van der Waals surface area (Å²) in [5.74, 6) is -6.62. The van der Waals surface area contributed by atoms with Gasteiger partial charge in [-0.15, -0.1) is 6.58 Å². The molecule has 1 aromatic rings. The predicted molar refractivity (Wildman–Crippen MR) is 140 cm³/mol. The van der Waals surface area contributed by atoms with Crippen molar-refractivity contribution in [2.24, 2.45) is 17.3 Å². The number of allylic oxidation sites excluding steroid dienone is 4. The third-order valence-corrected chi connectivity index (χ3v) is 9.74. The van der Waals surface area contributed by atoms with Gasteiger partial charge in [-0.3, -0.25) is 4.79 Å². The van der Waals surface area contributed by atoms with E-state index in [2.05, 4.69) is 17.2 Å². The summed E-state index contributed by atoms with van der Waals surface area (Å²) in [5, 5.41) is 16.6. The molecule has 0 aromatic heterocycles. The van der Waals surface area contributed by atoms with Gasteiger partial charge < -0.3 is 15.7 Å². The summed E-state index contributed by atoms with van der Waals surface area (Å²) in [6, 6.07) is 6.36. The molecule has 5 nitrogen and oxygen atoms in total. The number of carbonyl (C=O) groups is 2. The van der Waals surface area contributed by atoms with Crippen LogP contribution in [-0.2, 0) is 4.79 Å². The summed E-state index contributed by atoms with van der Waals surface area (Å²) >= 11 is 0. The standard InChI is InChI=1S/C30H33F5N2O3/c1-3-14-36-26(39)37-19-7-4-17(5-8-19)23-16-27(2)24(12-13-28(27,40)29(31,32)30(33,34)35)22-10-6-18-15-20(38)9-11-21(18)25(22)23/h3-5,7-8,15,22-24,40H,1,6,9-14,16H2,2H3,(H2,36,37,39)/t22?,23-,24?,27+,28+/m1/s1. The lowest BCUT2D eigenvalue weighted by atomic mass is 9.50. The van der Waals surface area contributed by atoms with E-state index < -0.39 is 47.4 Å². The van der Waals surface area contributed by atoms with Crippen molar-refractivity contribution in [1.29, 1.82) is 0 Å². The molecule has 2 saturated carbocycles. The summed E-state index contributed by atoms with van der Waals surface area (Å²) in [5.41, 5.74) is -0.857. The second kappa shape index (κ2) is 9.82. The molecular formula is C30H33F5N2O3. The highest BCUT2D eigenvalue weighted by Gasteiger charge is 2.79. The number of nitrogens with one attached hydrogen (secondary N) is 2. The topological polar surface area (TPSA) is 78.4 Å². The molecule has 0 spiro atoms. The van der Waals surface area contributed by atoms with E-state index in [-0.39, 0.29) is 31.1 Å². The molecule has 5 atom stereocenters. The van der Waals surface area contributed by atoms with E-state index in [4.69, 9.17) is 0 Å². The molecule has 5 rings (SSSR count). The molecule has 4 aliphatic rings. The third kappa shape index (κ3) is 4.30. The highest BCUT2D eigenvalue weighted by molar-refractivity contribution is 5.93. The number of urea groups is 1. The van der Waals surface area contributed by atoms with Crippen molar-refractivity contribution >= 4 is 17.5 Å². The van der Waals surface area contributed by atoms with Crippen LogP contribution in [0, 0.1) is 17.3 Å². The molecule has 0 bridgehead atoms. The zero-order valence-corrected chi connectivity index (χ0v) is 22.2. The summed E-state index contributed by atoms with van der Waals surface area (Å²) in [6.07, 6.45) is -1.50. The highest BCUT2D eigenvalue weighted by Crippen LogP contribution is 2.70. The average molecular weight is 565 g/mol. The smallest absolute Gasteiger partial charge is 0.383 e. The van der Waals surface area contributed by atoms with Gasteiger partial charge in [0.05, 0.1) is 0 Å². The fourth-order valence-corrected chi connectivity index (χ4v) is 7.85. The Balaban J connectivity index is 1.59. The molecule has 2 unspecified atom stereocenters. The lowest BCUT2D eigenvalue weighted by Gasteiger charge is -2.56. The van der Waals surface area contributed by atoms with Crippen LogP contribution in [0.15, 0.2) is 59.7 Å². The second-order valence-corrected chi connectivity index (χ2v) is 11.7. The Morgan fingerprint density at radius 3 is 2.48 bits per heavy atom. The maximum atomic E-state index is 15.1. The number of amides is 2. The van der Waals surface area contributed by atoms with Crippen LogP contribution in [0.4, 0.5) is 32.4 Å². The molecule has 216 valence electrons. The van der Waals surface area contributed by atoms with Crippen molar-refractivity contribution in [1.82, 2.24) is 5.32 Å². The van der Waals surface area contributed by atoms with Crippen LogP contribution in [0.2, 0.25) is 0 Å². The van der Waals surface area contributed by atoms with Gasteiger partial charge in [-0.25, -0.2) is 4.79 Å². The number of rotatable bonds is 5. The Labute approximate surface area is 229 Å². The number of fused-ring (bicyclic) bond motifs is 4. The Bertz CT molecular complexity index is 1290. The lowest BCUT2D eigenvalue weighted by Crippen LogP contribution is -2.65. The van der Waals surface area contributed by atoms with Gasteiger partial charge in [0.25, 0.3) is 0 Å². The number of hydrogen-bond acceptors (Lipinski definition) is 3. The number of carbonyl (C=O) groups excluding carboxylic acids is 2. The zero-order valence-electron chi connectivity index (χ0n) is 22.2. The minimum absolute atomic E-state index is 0.0280. The molecule has 0 radical (unpaired) electrons. The number of benzene rings is 1. The van der Waals surface area contributed by atoms with Crippen molar-refractivity contribution in [2.45, 2.75) is 75.5 Å². The molecule has 0 saturated heterocycles. The first-order chi connectivity index (χ1) is 18.7. The molecule has 3 N–H and O–H groups in total. The number of anilines is 1. The summed E-state index contributed by atoms with van der Waals surface area (Å²) in [7, 11) is 0. The average Bonchev–Trinajstić information content (AvgIpc) is 3.18. The van der Waals surface area contributed by atoms with Gasteiger partial charge in [-0.2, -0.15) is 22.0 Å². The highest BCUT2D eigenvalue weighted by atomic mass is 19.4. The minimum Gasteiger partial charge on any atom is -0.383 e. The number of alkyl halides is 5. The molecule has 0 aliphatic heterocycles. The molecule has 2 amide bonds. The molecule has 40 heavy (non-hydrogen) atoms. The van der Waals surface area contributed by atoms with Crippen molar-refractivity contribution in [3.05, 3.63) is 65.3 Å². The molecule has 2 fully saturated rings. The largest absolute Gasteiger partial charge is 0.456 e. The zero-order chi connectivity index (χ0) is 29.1. The van der Waals surface area contributed by atoms with Crippen LogP contribution in [-0.4, -0.2) is 41.2 Å². The first-order valence-corrected chi connectivity index (χ1v) is 13.6. The third-order valence-electron chi connectivity index (χ3n) is 9.74. The number of aliphatic hydroxyl groups is 1. The Morgan fingerprint density at radius 2 is 1.82 bits per heavy atom. The van der Waals surface area contributed by atoms with E-state index in [0.717, 1.165) is 16.7 Å². The van der Waals surface area contributed by atoms with Gasteiger partial charge in [-0.05, 0) is 85.3 Å². The molecule has 4 aliphatic carbocycles. The minimum atomic E-state index is -5.89. The van der Waals surface area contributed by atoms with E-state index in [0.29, 0.717) is 36.9 Å². The lowest BCUT2D eigenvalue weighted by molar-refractivity contribution is -0.362. The van der Waals surface area contributed by atoms with Crippen molar-refractivity contribution < 1.29 is 36.6 Å². The van der Waals surface area contributed by atoms with Crippen LogP contribution in [0.5, 0.6) is 0 Å². The summed E-state index contributed by atoms with van der Waals surface area (Å²) in [6.45, 7) is 5.21. The van der Waals surface area contributed by atoms with Crippen molar-refractivity contribution in [3.8, 4) is 0 Å². The number of halogens is 5. The fourth-order valence-electron chi connectivity index (χ4n) is 7.85. The Morgan fingerprint density at radius 1 is 1.12 bits per heavy atom. The second-order valence-electron chi connectivity index (χ2n) is 11.7. The van der Waals surface area contributed by atoms with Crippen LogP contribution in [0.25, 0.3) is 0 Å². The monoisotopic (exact) mass is 564 g/mol. The van der Waals surface area contributed by atoms with E-state index in [1.165, 1.54) is 13.0 Å². The number of hydrogen-bond donors (Lipinski definition) is 3. The first kappa shape index (κ1) is 28.5. The van der Waals surface area contributed by atoms with Gasteiger partial charge in [0.1, 0.15) is 5.60 Å². The fraction of sp³-hybridized carbons (Fsp3) is 0.533. The summed E-state index contributed by atoms with van der Waals surface area (Å²) < 4.78 is 71.2. The van der Waals surface area contributed by atoms with Crippen LogP contribution in [0.1, 0.15) is 63.4 Å². The van der Waals surface area contributed by atoms with Gasteiger partial charge >= 0.3 is 18.1 Å². The van der Waals surface area contributed by atoms with Gasteiger partial charge in [0.2, 0.25) is 0 Å². The maximum Gasteiger partial charge on any atom is 0.456 e. The van der Waals surface area contributed by atoms with Crippen molar-refractivity contribution in [3.63, 3.8) is 0 Å². The molecule has 10 heteroatoms. The Hall–Kier alpha value is -3.01. The van der Waals surface area contributed by atoms with E-state index in [1.54, 1.807) is 30.3 Å². The SMILES string of the molecule is C=CCNC(=O)Nc1ccc([C@H]2C[C@@]3(C)C(CC[C@@]3(O)C(F)(F)C(F)(F)F)C3CCC4=CC(=O)CCC4=C32)cc1. The van der Waals surface area contributed by atoms with Crippen LogP contribution >= 0.6 is 0 Å². The normalized spacial score (nSPS) is 32.0. The Kier molecular flexibility index (Phi) is 7.00. The van der Waals surface area contributed by atoms with Gasteiger partial charge in [-0.1, -0.05) is 30.7 Å².